The number of rotatable bonds is 5. The van der Waals surface area contributed by atoms with Gasteiger partial charge in [0.1, 0.15) is 5.38 Å². The number of carboxylic acid groups (broad SMARTS) is 1. The molecule has 4 nitrogen and oxygen atoms in total. The Labute approximate surface area is 127 Å². The minimum absolute atomic E-state index is 0.496. The van der Waals surface area contributed by atoms with E-state index in [1.54, 1.807) is 54.6 Å². The molecule has 0 saturated heterocycles. The summed E-state index contributed by atoms with van der Waals surface area (Å²) in [6.07, 6.45) is 0. The van der Waals surface area contributed by atoms with Crippen LogP contribution in [0.2, 0.25) is 0 Å². The van der Waals surface area contributed by atoms with Crippen molar-refractivity contribution in [3.05, 3.63) is 71.8 Å². The van der Waals surface area contributed by atoms with Crippen molar-refractivity contribution in [2.75, 3.05) is 0 Å². The van der Waals surface area contributed by atoms with Crippen LogP contribution in [0.15, 0.2) is 60.7 Å². The van der Waals surface area contributed by atoms with E-state index in [0.29, 0.717) is 11.1 Å². The molecule has 0 bridgehead atoms. The first-order valence-electron chi connectivity index (χ1n) is 6.36. The first kappa shape index (κ1) is 15.1. The number of halogens is 1. The van der Waals surface area contributed by atoms with Crippen LogP contribution in [0.25, 0.3) is 0 Å². The largest absolute Gasteiger partial charge is 0.479 e. The SMILES string of the molecule is O=C(O)[C@@H](NC(=O)[C@H](Cl)c1ccccc1)c1ccccc1. The van der Waals surface area contributed by atoms with Crippen LogP contribution in [-0.4, -0.2) is 17.0 Å². The average Bonchev–Trinajstić information content (AvgIpc) is 2.53. The highest BCUT2D eigenvalue weighted by Crippen LogP contribution is 2.22. The van der Waals surface area contributed by atoms with Crippen LogP contribution in [0.3, 0.4) is 0 Å². The van der Waals surface area contributed by atoms with Gasteiger partial charge in [0.15, 0.2) is 6.04 Å². The normalized spacial score (nSPS) is 13.2. The highest BCUT2D eigenvalue weighted by molar-refractivity contribution is 6.30. The Bertz CT molecular complexity index is 616. The molecule has 0 radical (unpaired) electrons. The van der Waals surface area contributed by atoms with Gasteiger partial charge in [-0.2, -0.15) is 0 Å². The average molecular weight is 304 g/mol. The van der Waals surface area contributed by atoms with Crippen LogP contribution < -0.4 is 5.32 Å². The maximum absolute atomic E-state index is 12.1. The number of benzene rings is 2. The van der Waals surface area contributed by atoms with Gasteiger partial charge in [0.2, 0.25) is 5.91 Å². The Morgan fingerprint density at radius 1 is 0.905 bits per heavy atom. The molecule has 5 heteroatoms. The number of hydrogen-bond donors (Lipinski definition) is 2. The molecule has 2 atom stereocenters. The van der Waals surface area contributed by atoms with Crippen molar-refractivity contribution in [3.8, 4) is 0 Å². The van der Waals surface area contributed by atoms with Gasteiger partial charge < -0.3 is 10.4 Å². The maximum atomic E-state index is 12.1. The lowest BCUT2D eigenvalue weighted by atomic mass is 10.1. The van der Waals surface area contributed by atoms with Gasteiger partial charge in [0.05, 0.1) is 0 Å². The second kappa shape index (κ2) is 6.90. The Balaban J connectivity index is 2.14. The lowest BCUT2D eigenvalue weighted by Crippen LogP contribution is -2.35. The summed E-state index contributed by atoms with van der Waals surface area (Å²) >= 11 is 6.09. The van der Waals surface area contributed by atoms with Crippen molar-refractivity contribution in [3.63, 3.8) is 0 Å². The molecule has 0 saturated carbocycles. The molecule has 2 aromatic carbocycles. The smallest absolute Gasteiger partial charge is 0.330 e. The number of hydrogen-bond acceptors (Lipinski definition) is 2. The predicted molar refractivity (Wildman–Crippen MR) is 80.0 cm³/mol. The van der Waals surface area contributed by atoms with Gasteiger partial charge in [-0.3, -0.25) is 4.79 Å². The lowest BCUT2D eigenvalue weighted by Gasteiger charge is -2.17. The van der Waals surface area contributed by atoms with Gasteiger partial charge >= 0.3 is 5.97 Å². The second-order valence-electron chi connectivity index (χ2n) is 4.46. The molecule has 0 heterocycles. The van der Waals surface area contributed by atoms with Crippen LogP contribution in [0.1, 0.15) is 22.5 Å². The number of carbonyl (C=O) groups is 2. The third-order valence-electron chi connectivity index (χ3n) is 2.99. The summed E-state index contributed by atoms with van der Waals surface area (Å²) in [4.78, 5) is 23.5. The van der Waals surface area contributed by atoms with Crippen LogP contribution in [-0.2, 0) is 9.59 Å². The molecular formula is C16H14ClNO3. The fourth-order valence-electron chi connectivity index (χ4n) is 1.92. The Morgan fingerprint density at radius 3 is 1.86 bits per heavy atom. The fourth-order valence-corrected chi connectivity index (χ4v) is 2.13. The summed E-state index contributed by atoms with van der Waals surface area (Å²) in [5, 5.41) is 10.8. The zero-order valence-corrected chi connectivity index (χ0v) is 11.8. The Morgan fingerprint density at radius 2 is 1.38 bits per heavy atom. The van der Waals surface area contributed by atoms with Gasteiger partial charge in [-0.05, 0) is 11.1 Å². The summed E-state index contributed by atoms with van der Waals surface area (Å²) < 4.78 is 0. The molecule has 2 aromatic rings. The van der Waals surface area contributed by atoms with Gasteiger partial charge in [0, 0.05) is 0 Å². The molecule has 21 heavy (non-hydrogen) atoms. The summed E-state index contributed by atoms with van der Waals surface area (Å²) in [6, 6.07) is 16.2. The number of amides is 1. The van der Waals surface area contributed by atoms with E-state index in [1.807, 2.05) is 6.07 Å². The summed E-state index contributed by atoms with van der Waals surface area (Å²) in [5.74, 6) is -1.68. The van der Waals surface area contributed by atoms with E-state index in [1.165, 1.54) is 0 Å². The van der Waals surface area contributed by atoms with Crippen molar-refractivity contribution in [1.29, 1.82) is 0 Å². The Kier molecular flexibility index (Phi) is 4.95. The third kappa shape index (κ3) is 3.83. The molecule has 108 valence electrons. The van der Waals surface area contributed by atoms with E-state index in [9.17, 15) is 14.7 Å². The predicted octanol–water partition coefficient (Wildman–Crippen LogP) is 2.91. The maximum Gasteiger partial charge on any atom is 0.330 e. The summed E-state index contributed by atoms with van der Waals surface area (Å²) in [6.45, 7) is 0. The quantitative estimate of drug-likeness (QED) is 0.835. The van der Waals surface area contributed by atoms with Gasteiger partial charge in [-0.15, -0.1) is 11.6 Å². The van der Waals surface area contributed by atoms with Gasteiger partial charge in [0.25, 0.3) is 0 Å². The van der Waals surface area contributed by atoms with Crippen LogP contribution >= 0.6 is 11.6 Å². The van der Waals surface area contributed by atoms with Crippen molar-refractivity contribution in [1.82, 2.24) is 5.32 Å². The Hall–Kier alpha value is -2.33. The second-order valence-corrected chi connectivity index (χ2v) is 4.90. The zero-order chi connectivity index (χ0) is 15.2. The molecular weight excluding hydrogens is 290 g/mol. The molecule has 0 fully saturated rings. The minimum atomic E-state index is -1.13. The molecule has 2 rings (SSSR count). The third-order valence-corrected chi connectivity index (χ3v) is 3.44. The lowest BCUT2D eigenvalue weighted by molar-refractivity contribution is -0.142. The number of aliphatic carboxylic acids is 1. The van der Waals surface area contributed by atoms with E-state index in [2.05, 4.69) is 5.32 Å². The topological polar surface area (TPSA) is 66.4 Å². The van der Waals surface area contributed by atoms with E-state index in [0.717, 1.165) is 0 Å². The number of carbonyl (C=O) groups excluding carboxylic acids is 1. The molecule has 2 N–H and O–H groups in total. The zero-order valence-electron chi connectivity index (χ0n) is 11.1. The number of alkyl halides is 1. The highest BCUT2D eigenvalue weighted by Gasteiger charge is 2.26. The van der Waals surface area contributed by atoms with E-state index in [4.69, 9.17) is 11.6 Å². The van der Waals surface area contributed by atoms with E-state index in [-0.39, 0.29) is 0 Å². The molecule has 0 aromatic heterocycles. The molecule has 0 aliphatic heterocycles. The molecule has 0 spiro atoms. The molecule has 1 amide bonds. The molecule has 0 aliphatic rings. The summed E-state index contributed by atoms with van der Waals surface area (Å²) in [5.41, 5.74) is 1.11. The van der Waals surface area contributed by atoms with E-state index < -0.39 is 23.3 Å². The highest BCUT2D eigenvalue weighted by atomic mass is 35.5. The molecule has 0 aliphatic carbocycles. The van der Waals surface area contributed by atoms with Crippen molar-refractivity contribution in [2.24, 2.45) is 0 Å². The molecule has 0 unspecified atom stereocenters. The minimum Gasteiger partial charge on any atom is -0.479 e. The monoisotopic (exact) mass is 303 g/mol. The van der Waals surface area contributed by atoms with E-state index >= 15 is 0 Å². The standard InChI is InChI=1S/C16H14ClNO3/c17-13(11-7-3-1-4-8-11)15(19)18-14(16(20)21)12-9-5-2-6-10-12/h1-10,13-14H,(H,18,19)(H,20,21)/t13-,14+/m1/s1. The van der Waals surface area contributed by atoms with Crippen LogP contribution in [0, 0.1) is 0 Å². The van der Waals surface area contributed by atoms with Gasteiger partial charge in [-0.25, -0.2) is 4.79 Å². The van der Waals surface area contributed by atoms with Gasteiger partial charge in [-0.1, -0.05) is 60.7 Å². The van der Waals surface area contributed by atoms with Crippen molar-refractivity contribution in [2.45, 2.75) is 11.4 Å². The first-order chi connectivity index (χ1) is 10.1. The number of carboxylic acids is 1. The number of nitrogens with one attached hydrogen (secondary N) is 1. The van der Waals surface area contributed by atoms with Crippen LogP contribution in [0.4, 0.5) is 0 Å². The first-order valence-corrected chi connectivity index (χ1v) is 6.80. The summed E-state index contributed by atoms with van der Waals surface area (Å²) in [7, 11) is 0. The van der Waals surface area contributed by atoms with Crippen molar-refractivity contribution >= 4 is 23.5 Å². The van der Waals surface area contributed by atoms with Crippen LogP contribution in [0.5, 0.6) is 0 Å². The fraction of sp³-hybridized carbons (Fsp3) is 0.125. The van der Waals surface area contributed by atoms with Crippen molar-refractivity contribution < 1.29 is 14.7 Å².